The van der Waals surface area contributed by atoms with Crippen molar-refractivity contribution in [2.45, 2.75) is 45.4 Å². The first-order valence-corrected chi connectivity index (χ1v) is 4.74. The van der Waals surface area contributed by atoms with E-state index in [4.69, 9.17) is 0 Å². The minimum absolute atomic E-state index is 0.372. The first-order valence-electron chi connectivity index (χ1n) is 4.74. The Balaban J connectivity index is 2.80. The molecular weight excluding hydrogens is 184 g/mol. The van der Waals surface area contributed by atoms with Crippen molar-refractivity contribution in [3.63, 3.8) is 0 Å². The Bertz CT molecular complexity index is 263. The van der Waals surface area contributed by atoms with E-state index >= 15 is 0 Å². The standard InChI is InChI=1S/C9H16N2O3/c1-4-5-6(12)11-7(13)9(2,3)10-8(11)14/h6,12H,4-5H2,1-3H3,(H,10,14). The molecule has 3 amide bonds. The third-order valence-corrected chi connectivity index (χ3v) is 2.24. The van der Waals surface area contributed by atoms with E-state index in [0.29, 0.717) is 6.42 Å². The minimum Gasteiger partial charge on any atom is -0.373 e. The fraction of sp³-hybridized carbons (Fsp3) is 0.778. The van der Waals surface area contributed by atoms with E-state index in [2.05, 4.69) is 5.32 Å². The highest BCUT2D eigenvalue weighted by Crippen LogP contribution is 2.19. The molecule has 0 spiro atoms. The second-order valence-corrected chi connectivity index (χ2v) is 4.00. The zero-order valence-corrected chi connectivity index (χ0v) is 8.70. The summed E-state index contributed by atoms with van der Waals surface area (Å²) in [5.41, 5.74) is -0.897. The van der Waals surface area contributed by atoms with Crippen molar-refractivity contribution in [3.05, 3.63) is 0 Å². The van der Waals surface area contributed by atoms with Crippen molar-refractivity contribution < 1.29 is 14.7 Å². The summed E-state index contributed by atoms with van der Waals surface area (Å²) < 4.78 is 0. The van der Waals surface area contributed by atoms with E-state index in [9.17, 15) is 14.7 Å². The van der Waals surface area contributed by atoms with Gasteiger partial charge in [0, 0.05) is 0 Å². The highest BCUT2D eigenvalue weighted by atomic mass is 16.3. The maximum absolute atomic E-state index is 11.6. The average molecular weight is 200 g/mol. The van der Waals surface area contributed by atoms with Crippen molar-refractivity contribution in [3.8, 4) is 0 Å². The van der Waals surface area contributed by atoms with Gasteiger partial charge in [-0.15, -0.1) is 0 Å². The third kappa shape index (κ3) is 1.72. The fourth-order valence-corrected chi connectivity index (χ4v) is 1.43. The Morgan fingerprint density at radius 2 is 2.07 bits per heavy atom. The van der Waals surface area contributed by atoms with Crippen LogP contribution in [0.5, 0.6) is 0 Å². The molecule has 1 unspecified atom stereocenters. The lowest BCUT2D eigenvalue weighted by Crippen LogP contribution is -2.43. The van der Waals surface area contributed by atoms with Crippen LogP contribution < -0.4 is 5.32 Å². The van der Waals surface area contributed by atoms with Crippen LogP contribution in [0.15, 0.2) is 0 Å². The predicted octanol–water partition coefficient (Wildman–Crippen LogP) is 0.435. The van der Waals surface area contributed by atoms with Gasteiger partial charge in [0.15, 0.2) is 0 Å². The number of carbonyl (C=O) groups excluding carboxylic acids is 2. The molecule has 1 atom stereocenters. The molecule has 1 saturated heterocycles. The summed E-state index contributed by atoms with van der Waals surface area (Å²) in [6, 6.07) is -0.513. The number of aliphatic hydroxyl groups excluding tert-OH is 1. The summed E-state index contributed by atoms with van der Waals surface area (Å²) in [7, 11) is 0. The maximum atomic E-state index is 11.6. The number of nitrogens with one attached hydrogen (secondary N) is 1. The zero-order valence-electron chi connectivity index (χ0n) is 8.70. The predicted molar refractivity (Wildman–Crippen MR) is 50.4 cm³/mol. The molecule has 1 fully saturated rings. The zero-order chi connectivity index (χ0) is 10.9. The van der Waals surface area contributed by atoms with Crippen LogP contribution in [0.3, 0.4) is 0 Å². The van der Waals surface area contributed by atoms with E-state index in [1.54, 1.807) is 13.8 Å². The smallest absolute Gasteiger partial charge is 0.327 e. The van der Waals surface area contributed by atoms with Gasteiger partial charge in [-0.25, -0.2) is 9.69 Å². The van der Waals surface area contributed by atoms with Crippen molar-refractivity contribution in [2.24, 2.45) is 0 Å². The first-order chi connectivity index (χ1) is 6.40. The van der Waals surface area contributed by atoms with Crippen LogP contribution in [0.1, 0.15) is 33.6 Å². The summed E-state index contributed by atoms with van der Waals surface area (Å²) in [6.07, 6.45) is 0.128. The number of amides is 3. The van der Waals surface area contributed by atoms with Crippen LogP contribution in [-0.4, -0.2) is 33.7 Å². The largest absolute Gasteiger partial charge is 0.373 e. The highest BCUT2D eigenvalue weighted by Gasteiger charge is 2.46. The topological polar surface area (TPSA) is 69.6 Å². The van der Waals surface area contributed by atoms with E-state index in [1.165, 1.54) is 0 Å². The van der Waals surface area contributed by atoms with Crippen molar-refractivity contribution in [2.75, 3.05) is 0 Å². The van der Waals surface area contributed by atoms with Crippen LogP contribution in [0, 0.1) is 0 Å². The molecular formula is C9H16N2O3. The van der Waals surface area contributed by atoms with Gasteiger partial charge < -0.3 is 10.4 Å². The van der Waals surface area contributed by atoms with Gasteiger partial charge in [0.2, 0.25) is 0 Å². The summed E-state index contributed by atoms with van der Waals surface area (Å²) in [5.74, 6) is -0.372. The molecule has 1 aliphatic heterocycles. The van der Waals surface area contributed by atoms with Crippen LogP contribution >= 0.6 is 0 Å². The van der Waals surface area contributed by atoms with Gasteiger partial charge in [-0.05, 0) is 20.3 Å². The van der Waals surface area contributed by atoms with Gasteiger partial charge in [-0.3, -0.25) is 4.79 Å². The second-order valence-electron chi connectivity index (χ2n) is 4.00. The monoisotopic (exact) mass is 200 g/mol. The van der Waals surface area contributed by atoms with E-state index < -0.39 is 17.8 Å². The maximum Gasteiger partial charge on any atom is 0.327 e. The number of imide groups is 1. The number of hydrogen-bond acceptors (Lipinski definition) is 3. The van der Waals surface area contributed by atoms with Gasteiger partial charge >= 0.3 is 6.03 Å². The summed E-state index contributed by atoms with van der Waals surface area (Å²) >= 11 is 0. The second kappa shape index (κ2) is 3.57. The van der Waals surface area contributed by atoms with Gasteiger partial charge in [0.05, 0.1) is 0 Å². The molecule has 5 heteroatoms. The molecule has 0 aromatic carbocycles. The lowest BCUT2D eigenvalue weighted by atomic mass is 10.1. The molecule has 1 heterocycles. The molecule has 0 aliphatic carbocycles. The average Bonchev–Trinajstić information content (AvgIpc) is 2.22. The first kappa shape index (κ1) is 11.0. The third-order valence-electron chi connectivity index (χ3n) is 2.24. The molecule has 0 aromatic rings. The number of rotatable bonds is 3. The molecule has 0 radical (unpaired) electrons. The van der Waals surface area contributed by atoms with Crippen LogP contribution in [0.25, 0.3) is 0 Å². The Kier molecular flexibility index (Phi) is 2.80. The number of hydrogen-bond donors (Lipinski definition) is 2. The van der Waals surface area contributed by atoms with E-state index in [-0.39, 0.29) is 5.91 Å². The molecule has 1 rings (SSSR count). The van der Waals surface area contributed by atoms with E-state index in [0.717, 1.165) is 11.3 Å². The van der Waals surface area contributed by atoms with Crippen molar-refractivity contribution >= 4 is 11.9 Å². The highest BCUT2D eigenvalue weighted by molar-refractivity contribution is 6.06. The van der Waals surface area contributed by atoms with Crippen LogP contribution in [0.2, 0.25) is 0 Å². The summed E-state index contributed by atoms with van der Waals surface area (Å²) in [4.78, 5) is 23.9. The Hall–Kier alpha value is -1.10. The summed E-state index contributed by atoms with van der Waals surface area (Å²) in [6.45, 7) is 5.12. The Labute approximate surface area is 83.1 Å². The van der Waals surface area contributed by atoms with E-state index in [1.807, 2.05) is 6.92 Å². The number of nitrogens with zero attached hydrogens (tertiary/aromatic N) is 1. The van der Waals surface area contributed by atoms with Crippen LogP contribution in [0.4, 0.5) is 4.79 Å². The van der Waals surface area contributed by atoms with Gasteiger partial charge in [-0.1, -0.05) is 13.3 Å². The fourth-order valence-electron chi connectivity index (χ4n) is 1.43. The lowest BCUT2D eigenvalue weighted by molar-refractivity contribution is -0.137. The molecule has 80 valence electrons. The normalized spacial score (nSPS) is 22.4. The van der Waals surface area contributed by atoms with Crippen molar-refractivity contribution in [1.82, 2.24) is 10.2 Å². The Morgan fingerprint density at radius 1 is 1.50 bits per heavy atom. The minimum atomic E-state index is -1.01. The molecule has 2 N–H and O–H groups in total. The molecule has 0 aromatic heterocycles. The molecule has 0 bridgehead atoms. The van der Waals surface area contributed by atoms with Crippen LogP contribution in [-0.2, 0) is 4.79 Å². The van der Waals surface area contributed by atoms with Gasteiger partial charge in [0.1, 0.15) is 11.8 Å². The summed E-state index contributed by atoms with van der Waals surface area (Å²) in [5, 5.41) is 12.1. The number of aliphatic hydroxyl groups is 1. The Morgan fingerprint density at radius 3 is 2.43 bits per heavy atom. The van der Waals surface area contributed by atoms with Gasteiger partial charge in [-0.2, -0.15) is 0 Å². The lowest BCUT2D eigenvalue weighted by Gasteiger charge is -2.20. The SMILES string of the molecule is CCCC(O)N1C(=O)NC(C)(C)C1=O. The van der Waals surface area contributed by atoms with Crippen molar-refractivity contribution in [1.29, 1.82) is 0 Å². The van der Waals surface area contributed by atoms with Gasteiger partial charge in [0.25, 0.3) is 5.91 Å². The molecule has 14 heavy (non-hydrogen) atoms. The molecule has 5 nitrogen and oxygen atoms in total. The number of urea groups is 1. The quantitative estimate of drug-likeness (QED) is 0.649. The molecule has 0 saturated carbocycles. The molecule has 1 aliphatic rings. The number of carbonyl (C=O) groups is 2.